The van der Waals surface area contributed by atoms with Crippen molar-refractivity contribution in [3.8, 4) is 11.1 Å². The van der Waals surface area contributed by atoms with E-state index in [9.17, 15) is 14.4 Å². The zero-order valence-electron chi connectivity index (χ0n) is 14.5. The van der Waals surface area contributed by atoms with Gasteiger partial charge in [-0.15, -0.1) is 0 Å². The van der Waals surface area contributed by atoms with Crippen LogP contribution in [0.1, 0.15) is 24.2 Å². The Kier molecular flexibility index (Phi) is 6.06. The highest BCUT2D eigenvalue weighted by atomic mass is 16.5. The third-order valence-electron chi connectivity index (χ3n) is 3.94. The SMILES string of the molecule is COC(=O)C(C(=O)Nc1ccc(-c2ccc(C=O)cc2)cc1)C(C)C. The molecular weight excluding hydrogens is 318 g/mol. The fourth-order valence-electron chi connectivity index (χ4n) is 2.53. The summed E-state index contributed by atoms with van der Waals surface area (Å²) in [5, 5.41) is 2.75. The predicted molar refractivity (Wildman–Crippen MR) is 96.2 cm³/mol. The number of aldehydes is 1. The van der Waals surface area contributed by atoms with E-state index in [1.165, 1.54) is 7.11 Å². The van der Waals surface area contributed by atoms with E-state index < -0.39 is 11.9 Å². The number of hydrogen-bond acceptors (Lipinski definition) is 4. The van der Waals surface area contributed by atoms with Gasteiger partial charge in [0.25, 0.3) is 0 Å². The zero-order chi connectivity index (χ0) is 18.4. The lowest BCUT2D eigenvalue weighted by Crippen LogP contribution is -2.34. The van der Waals surface area contributed by atoms with E-state index in [1.54, 1.807) is 38.1 Å². The lowest BCUT2D eigenvalue weighted by molar-refractivity contribution is -0.150. The molecule has 0 fully saturated rings. The third kappa shape index (κ3) is 4.53. The van der Waals surface area contributed by atoms with Crippen LogP contribution in [0.25, 0.3) is 11.1 Å². The molecule has 0 aromatic heterocycles. The standard InChI is InChI=1S/C20H21NO4/c1-13(2)18(20(24)25-3)19(23)21-17-10-8-16(9-11-17)15-6-4-14(12-22)5-7-15/h4-13,18H,1-3H3,(H,21,23). The molecule has 1 unspecified atom stereocenters. The second-order valence-corrected chi connectivity index (χ2v) is 6.05. The van der Waals surface area contributed by atoms with E-state index in [0.29, 0.717) is 11.3 Å². The smallest absolute Gasteiger partial charge is 0.318 e. The molecule has 5 nitrogen and oxygen atoms in total. The number of carbonyl (C=O) groups is 3. The second-order valence-electron chi connectivity index (χ2n) is 6.05. The topological polar surface area (TPSA) is 72.5 Å². The van der Waals surface area contributed by atoms with Crippen LogP contribution in [0.2, 0.25) is 0 Å². The largest absolute Gasteiger partial charge is 0.468 e. The Morgan fingerprint density at radius 1 is 0.960 bits per heavy atom. The van der Waals surface area contributed by atoms with Gasteiger partial charge >= 0.3 is 5.97 Å². The first-order chi connectivity index (χ1) is 12.0. The first-order valence-corrected chi connectivity index (χ1v) is 8.00. The van der Waals surface area contributed by atoms with Crippen molar-refractivity contribution in [1.29, 1.82) is 0 Å². The van der Waals surface area contributed by atoms with Gasteiger partial charge in [-0.1, -0.05) is 50.2 Å². The fraction of sp³-hybridized carbons (Fsp3) is 0.250. The third-order valence-corrected chi connectivity index (χ3v) is 3.94. The van der Waals surface area contributed by atoms with Gasteiger partial charge in [0.15, 0.2) is 0 Å². The molecule has 130 valence electrons. The average Bonchev–Trinajstić information content (AvgIpc) is 2.62. The molecule has 1 amide bonds. The first kappa shape index (κ1) is 18.4. The van der Waals surface area contributed by atoms with Crippen LogP contribution in [-0.2, 0) is 14.3 Å². The number of hydrogen-bond donors (Lipinski definition) is 1. The highest BCUT2D eigenvalue weighted by Gasteiger charge is 2.30. The summed E-state index contributed by atoms with van der Waals surface area (Å²) in [6.07, 6.45) is 0.800. The van der Waals surface area contributed by atoms with Crippen LogP contribution in [0.4, 0.5) is 5.69 Å². The number of carbonyl (C=O) groups excluding carboxylic acids is 3. The summed E-state index contributed by atoms with van der Waals surface area (Å²) < 4.78 is 4.70. The number of ether oxygens (including phenoxy) is 1. The van der Waals surface area contributed by atoms with Gasteiger partial charge in [-0.25, -0.2) is 0 Å². The summed E-state index contributed by atoms with van der Waals surface area (Å²) >= 11 is 0. The van der Waals surface area contributed by atoms with E-state index in [4.69, 9.17) is 4.74 Å². The van der Waals surface area contributed by atoms with Crippen molar-refractivity contribution < 1.29 is 19.1 Å². The number of nitrogens with one attached hydrogen (secondary N) is 1. The predicted octanol–water partition coefficient (Wildman–Crippen LogP) is 3.55. The molecule has 25 heavy (non-hydrogen) atoms. The Bertz CT molecular complexity index is 748. The van der Waals surface area contributed by atoms with Crippen molar-refractivity contribution in [2.45, 2.75) is 13.8 Å². The molecule has 0 spiro atoms. The Labute approximate surface area is 147 Å². The van der Waals surface area contributed by atoms with E-state index in [1.807, 2.05) is 24.3 Å². The van der Waals surface area contributed by atoms with E-state index in [-0.39, 0.29) is 11.8 Å². The quantitative estimate of drug-likeness (QED) is 0.496. The van der Waals surface area contributed by atoms with E-state index in [0.717, 1.165) is 17.4 Å². The minimum absolute atomic E-state index is 0.164. The van der Waals surface area contributed by atoms with Gasteiger partial charge in [-0.2, -0.15) is 0 Å². The molecule has 2 aromatic rings. The highest BCUT2D eigenvalue weighted by molar-refractivity contribution is 6.05. The van der Waals surface area contributed by atoms with Crippen molar-refractivity contribution in [1.82, 2.24) is 0 Å². The number of anilines is 1. The Balaban J connectivity index is 2.12. The second kappa shape index (κ2) is 8.24. The van der Waals surface area contributed by atoms with Crippen LogP contribution >= 0.6 is 0 Å². The molecule has 0 aliphatic carbocycles. The van der Waals surface area contributed by atoms with Crippen LogP contribution in [0, 0.1) is 11.8 Å². The van der Waals surface area contributed by atoms with Crippen molar-refractivity contribution in [2.75, 3.05) is 12.4 Å². The molecule has 1 N–H and O–H groups in total. The molecule has 0 aliphatic heterocycles. The normalized spacial score (nSPS) is 11.7. The van der Waals surface area contributed by atoms with Crippen LogP contribution in [0.3, 0.4) is 0 Å². The van der Waals surface area contributed by atoms with Crippen molar-refractivity contribution >= 4 is 23.9 Å². The Morgan fingerprint density at radius 3 is 1.92 bits per heavy atom. The molecule has 0 aliphatic rings. The first-order valence-electron chi connectivity index (χ1n) is 8.00. The number of rotatable bonds is 6. The molecule has 0 saturated carbocycles. The summed E-state index contributed by atoms with van der Waals surface area (Å²) in [5.41, 5.74) is 3.16. The molecule has 5 heteroatoms. The van der Waals surface area contributed by atoms with Crippen molar-refractivity contribution in [2.24, 2.45) is 11.8 Å². The Morgan fingerprint density at radius 2 is 1.48 bits per heavy atom. The number of esters is 1. The molecule has 0 bridgehead atoms. The van der Waals surface area contributed by atoms with Crippen LogP contribution < -0.4 is 5.32 Å². The van der Waals surface area contributed by atoms with Gasteiger partial charge in [0, 0.05) is 11.3 Å². The van der Waals surface area contributed by atoms with Crippen molar-refractivity contribution in [3.63, 3.8) is 0 Å². The number of benzene rings is 2. The lowest BCUT2D eigenvalue weighted by atomic mass is 9.95. The minimum atomic E-state index is -0.847. The fourth-order valence-corrected chi connectivity index (χ4v) is 2.53. The molecule has 0 radical (unpaired) electrons. The molecular formula is C20H21NO4. The zero-order valence-corrected chi connectivity index (χ0v) is 14.5. The summed E-state index contributed by atoms with van der Waals surface area (Å²) in [4.78, 5) is 34.8. The number of amides is 1. The highest BCUT2D eigenvalue weighted by Crippen LogP contribution is 2.23. The maximum atomic E-state index is 12.3. The van der Waals surface area contributed by atoms with Crippen LogP contribution in [0.5, 0.6) is 0 Å². The van der Waals surface area contributed by atoms with E-state index >= 15 is 0 Å². The maximum Gasteiger partial charge on any atom is 0.318 e. The Hall–Kier alpha value is -2.95. The van der Waals surface area contributed by atoms with Gasteiger partial charge in [0.1, 0.15) is 12.2 Å². The monoisotopic (exact) mass is 339 g/mol. The molecule has 2 aromatic carbocycles. The molecule has 0 saturated heterocycles. The summed E-state index contributed by atoms with van der Waals surface area (Å²) in [6, 6.07) is 14.5. The van der Waals surface area contributed by atoms with E-state index in [2.05, 4.69) is 5.32 Å². The van der Waals surface area contributed by atoms with Crippen molar-refractivity contribution in [3.05, 3.63) is 54.1 Å². The lowest BCUT2D eigenvalue weighted by Gasteiger charge is -2.18. The van der Waals surface area contributed by atoms with Gasteiger partial charge in [0.05, 0.1) is 7.11 Å². The van der Waals surface area contributed by atoms with Gasteiger partial charge in [0.2, 0.25) is 5.91 Å². The summed E-state index contributed by atoms with van der Waals surface area (Å²) in [6.45, 7) is 3.60. The molecule has 1 atom stereocenters. The molecule has 2 rings (SSSR count). The van der Waals surface area contributed by atoms with Gasteiger partial charge in [-0.05, 0) is 29.2 Å². The summed E-state index contributed by atoms with van der Waals surface area (Å²) in [5.74, 6) is -1.94. The average molecular weight is 339 g/mol. The molecule has 0 heterocycles. The maximum absolute atomic E-state index is 12.3. The van der Waals surface area contributed by atoms with Gasteiger partial charge in [-0.3, -0.25) is 14.4 Å². The summed E-state index contributed by atoms with van der Waals surface area (Å²) in [7, 11) is 1.27. The van der Waals surface area contributed by atoms with Gasteiger partial charge < -0.3 is 10.1 Å². The van der Waals surface area contributed by atoms with Crippen LogP contribution in [0.15, 0.2) is 48.5 Å². The number of methoxy groups -OCH3 is 1. The minimum Gasteiger partial charge on any atom is -0.468 e. The van der Waals surface area contributed by atoms with Crippen LogP contribution in [-0.4, -0.2) is 25.3 Å².